The van der Waals surface area contributed by atoms with E-state index in [1.807, 2.05) is 11.4 Å². The van der Waals surface area contributed by atoms with Gasteiger partial charge < -0.3 is 10.4 Å². The van der Waals surface area contributed by atoms with Gasteiger partial charge in [0.1, 0.15) is 12.4 Å². The molecule has 0 unspecified atom stereocenters. The number of aromatic carboxylic acids is 1. The highest BCUT2D eigenvalue weighted by Crippen LogP contribution is 2.45. The lowest BCUT2D eigenvalue weighted by Gasteiger charge is -2.35. The van der Waals surface area contributed by atoms with E-state index in [4.69, 9.17) is 0 Å². The highest BCUT2D eigenvalue weighted by atomic mass is 32.1. The van der Waals surface area contributed by atoms with Crippen LogP contribution in [-0.2, 0) is 4.79 Å². The predicted octanol–water partition coefficient (Wildman–Crippen LogP) is 3.45. The van der Waals surface area contributed by atoms with E-state index in [2.05, 4.69) is 21.5 Å². The summed E-state index contributed by atoms with van der Waals surface area (Å²) in [5, 5.41) is 19.2. The third kappa shape index (κ3) is 2.56. The van der Waals surface area contributed by atoms with Crippen LogP contribution in [0.3, 0.4) is 0 Å². The monoisotopic (exact) mass is 392 g/mol. The zero-order valence-corrected chi connectivity index (χ0v) is 15.5. The number of ketones is 1. The number of carbonyl (C=O) groups excluding carboxylic acids is 1. The van der Waals surface area contributed by atoms with Crippen LogP contribution in [0.15, 0.2) is 59.4 Å². The topological polar surface area (TPSA) is 97.1 Å². The first-order valence-corrected chi connectivity index (χ1v) is 9.80. The number of nitrogens with zero attached hydrogens (tertiary/aromatic N) is 3. The van der Waals surface area contributed by atoms with Gasteiger partial charge in [0.15, 0.2) is 5.78 Å². The van der Waals surface area contributed by atoms with Crippen molar-refractivity contribution in [1.82, 2.24) is 14.8 Å². The Balaban J connectivity index is 1.67. The number of carboxylic acids is 1. The molecule has 0 radical (unpaired) electrons. The summed E-state index contributed by atoms with van der Waals surface area (Å²) in [6.07, 6.45) is 2.50. The summed E-state index contributed by atoms with van der Waals surface area (Å²) >= 11 is 1.65. The maximum atomic E-state index is 13.2. The number of carboxylic acid groups (broad SMARTS) is 1. The van der Waals surface area contributed by atoms with Gasteiger partial charge in [-0.05, 0) is 29.5 Å². The van der Waals surface area contributed by atoms with E-state index < -0.39 is 12.0 Å². The fourth-order valence-corrected chi connectivity index (χ4v) is 4.92. The maximum absolute atomic E-state index is 13.2. The molecule has 1 aliphatic heterocycles. The minimum absolute atomic E-state index is 0.0125. The third-order valence-electron chi connectivity index (χ3n) is 5.29. The number of Topliss-reactive ketones (excluding diaryl/α,β-unsaturated/α-hetero) is 1. The number of carbonyl (C=O) groups is 2. The predicted molar refractivity (Wildman–Crippen MR) is 104 cm³/mol. The zero-order chi connectivity index (χ0) is 19.3. The molecule has 8 heteroatoms. The molecule has 0 bridgehead atoms. The lowest BCUT2D eigenvalue weighted by Crippen LogP contribution is -2.34. The quantitative estimate of drug-likeness (QED) is 0.709. The molecule has 2 N–H and O–H groups in total. The SMILES string of the molecule is O=C1C[C@@H](c2cccs2)CC2=C1[C@@H](c1ccccc1C(=O)O)n1ncnc1N2. The number of thiophene rings is 1. The second kappa shape index (κ2) is 6.42. The summed E-state index contributed by atoms with van der Waals surface area (Å²) in [4.78, 5) is 30.5. The molecule has 0 saturated carbocycles. The van der Waals surface area contributed by atoms with Gasteiger partial charge in [0.25, 0.3) is 0 Å². The van der Waals surface area contributed by atoms with Crippen LogP contribution in [0.25, 0.3) is 0 Å². The van der Waals surface area contributed by atoms with Gasteiger partial charge in [-0.2, -0.15) is 10.1 Å². The maximum Gasteiger partial charge on any atom is 0.336 e. The number of anilines is 1. The Labute approximate surface area is 164 Å². The van der Waals surface area contributed by atoms with Gasteiger partial charge in [-0.25, -0.2) is 9.48 Å². The number of allylic oxidation sites excluding steroid dienone is 2. The summed E-state index contributed by atoms with van der Waals surface area (Å²) in [6.45, 7) is 0. The molecule has 0 amide bonds. The first-order valence-electron chi connectivity index (χ1n) is 8.92. The molecular formula is C20H16N4O3S. The van der Waals surface area contributed by atoms with E-state index in [1.54, 1.807) is 40.3 Å². The summed E-state index contributed by atoms with van der Waals surface area (Å²) in [5.41, 5.74) is 2.09. The normalized spacial score (nSPS) is 21.1. The molecule has 5 rings (SSSR count). The fourth-order valence-electron chi connectivity index (χ4n) is 4.09. The Morgan fingerprint density at radius 1 is 1.21 bits per heavy atom. The van der Waals surface area contributed by atoms with Gasteiger partial charge in [-0.15, -0.1) is 11.3 Å². The molecule has 3 heterocycles. The molecule has 2 atom stereocenters. The average molecular weight is 392 g/mol. The summed E-state index contributed by atoms with van der Waals surface area (Å²) < 4.78 is 1.60. The van der Waals surface area contributed by atoms with E-state index in [0.717, 1.165) is 5.70 Å². The van der Waals surface area contributed by atoms with Crippen molar-refractivity contribution in [2.24, 2.45) is 0 Å². The van der Waals surface area contributed by atoms with Crippen LogP contribution in [0, 0.1) is 0 Å². The van der Waals surface area contributed by atoms with Crippen LogP contribution < -0.4 is 5.32 Å². The summed E-state index contributed by atoms with van der Waals surface area (Å²) in [7, 11) is 0. The van der Waals surface area contributed by atoms with Crippen molar-refractivity contribution in [2.45, 2.75) is 24.8 Å². The van der Waals surface area contributed by atoms with Crippen LogP contribution in [0.5, 0.6) is 0 Å². The van der Waals surface area contributed by atoms with Crippen molar-refractivity contribution in [2.75, 3.05) is 5.32 Å². The molecule has 28 heavy (non-hydrogen) atoms. The second-order valence-electron chi connectivity index (χ2n) is 6.88. The van der Waals surface area contributed by atoms with Crippen molar-refractivity contribution >= 4 is 29.0 Å². The van der Waals surface area contributed by atoms with Crippen LogP contribution in [0.2, 0.25) is 0 Å². The minimum Gasteiger partial charge on any atom is -0.478 e. The molecular weight excluding hydrogens is 376 g/mol. The minimum atomic E-state index is -1.03. The first-order chi connectivity index (χ1) is 13.6. The highest BCUT2D eigenvalue weighted by molar-refractivity contribution is 7.10. The van der Waals surface area contributed by atoms with Crippen molar-refractivity contribution in [1.29, 1.82) is 0 Å². The van der Waals surface area contributed by atoms with Gasteiger partial charge in [0.05, 0.1) is 5.56 Å². The molecule has 0 fully saturated rings. The van der Waals surface area contributed by atoms with Crippen molar-refractivity contribution in [3.63, 3.8) is 0 Å². The smallest absolute Gasteiger partial charge is 0.336 e. The van der Waals surface area contributed by atoms with Crippen molar-refractivity contribution in [3.05, 3.63) is 75.4 Å². The molecule has 7 nitrogen and oxygen atoms in total. The van der Waals surface area contributed by atoms with Gasteiger partial charge in [0.2, 0.25) is 5.95 Å². The lowest BCUT2D eigenvalue weighted by atomic mass is 9.79. The number of aromatic nitrogens is 3. The van der Waals surface area contributed by atoms with Crippen molar-refractivity contribution < 1.29 is 14.7 Å². The Morgan fingerprint density at radius 3 is 2.86 bits per heavy atom. The Kier molecular flexibility index (Phi) is 3.87. The second-order valence-corrected chi connectivity index (χ2v) is 7.86. The van der Waals surface area contributed by atoms with E-state index in [1.165, 1.54) is 11.2 Å². The average Bonchev–Trinajstić information content (AvgIpc) is 3.38. The molecule has 1 aliphatic carbocycles. The summed E-state index contributed by atoms with van der Waals surface area (Å²) in [6, 6.07) is 10.2. The Morgan fingerprint density at radius 2 is 2.07 bits per heavy atom. The molecule has 2 aromatic heterocycles. The van der Waals surface area contributed by atoms with Crippen LogP contribution >= 0.6 is 11.3 Å². The van der Waals surface area contributed by atoms with E-state index in [-0.39, 0.29) is 17.3 Å². The molecule has 3 aromatic rings. The fraction of sp³-hybridized carbons (Fsp3) is 0.200. The lowest BCUT2D eigenvalue weighted by molar-refractivity contribution is -0.116. The Hall–Kier alpha value is -3.26. The standard InChI is InChI=1S/C20H16N4O3S/c25-15-9-11(16-6-3-7-28-16)8-14-17(15)18(24-20(23-14)21-10-22-24)12-4-1-2-5-13(12)19(26)27/h1-7,10-11,18H,8-9H2,(H,26,27)(H,21,22,23)/t11-,18+/m0/s1. The van der Waals surface area contributed by atoms with Crippen molar-refractivity contribution in [3.8, 4) is 0 Å². The molecule has 0 saturated heterocycles. The number of benzene rings is 1. The van der Waals surface area contributed by atoms with Crippen LogP contribution in [-0.4, -0.2) is 31.6 Å². The molecule has 140 valence electrons. The number of rotatable bonds is 3. The molecule has 1 aromatic carbocycles. The van der Waals surface area contributed by atoms with Gasteiger partial charge in [-0.1, -0.05) is 24.3 Å². The third-order valence-corrected chi connectivity index (χ3v) is 6.33. The van der Waals surface area contributed by atoms with Crippen LogP contribution in [0.1, 0.15) is 45.6 Å². The van der Waals surface area contributed by atoms with E-state index in [9.17, 15) is 14.7 Å². The number of hydrogen-bond acceptors (Lipinski definition) is 6. The number of fused-ring (bicyclic) bond motifs is 1. The van der Waals surface area contributed by atoms with E-state index in [0.29, 0.717) is 29.9 Å². The summed E-state index contributed by atoms with van der Waals surface area (Å²) in [5.74, 6) is -0.386. The Bertz CT molecular complexity index is 1120. The van der Waals surface area contributed by atoms with E-state index >= 15 is 0 Å². The number of nitrogens with one attached hydrogen (secondary N) is 1. The largest absolute Gasteiger partial charge is 0.478 e. The van der Waals surface area contributed by atoms with Crippen LogP contribution in [0.4, 0.5) is 5.95 Å². The van der Waals surface area contributed by atoms with Gasteiger partial charge in [-0.3, -0.25) is 4.79 Å². The first kappa shape index (κ1) is 16.9. The molecule has 0 spiro atoms. The van der Waals surface area contributed by atoms with Gasteiger partial charge >= 0.3 is 5.97 Å². The highest BCUT2D eigenvalue weighted by Gasteiger charge is 2.40. The number of hydrogen-bond donors (Lipinski definition) is 2. The zero-order valence-electron chi connectivity index (χ0n) is 14.7. The van der Waals surface area contributed by atoms with Gasteiger partial charge in [0, 0.05) is 28.5 Å². The molecule has 2 aliphatic rings.